The van der Waals surface area contributed by atoms with Crippen LogP contribution in [0, 0.1) is 30.4 Å². The first kappa shape index (κ1) is 32.4. The van der Waals surface area contributed by atoms with Crippen LogP contribution in [0.1, 0.15) is 63.1 Å². The average Bonchev–Trinajstić information content (AvgIpc) is 3.64. The molecule has 0 bridgehead atoms. The van der Waals surface area contributed by atoms with Gasteiger partial charge in [0.15, 0.2) is 5.82 Å². The maximum Gasteiger partial charge on any atom is 1.00 e. The van der Waals surface area contributed by atoms with Crippen LogP contribution in [0.3, 0.4) is 0 Å². The molecule has 4 aliphatic heterocycles. The fourth-order valence-corrected chi connectivity index (χ4v) is 8.18. The van der Waals surface area contributed by atoms with Crippen LogP contribution in [0.25, 0.3) is 32.9 Å². The number of nitrogens with one attached hydrogen (secondary N) is 1. The van der Waals surface area contributed by atoms with Gasteiger partial charge in [0.1, 0.15) is 18.1 Å². The Labute approximate surface area is 317 Å². The van der Waals surface area contributed by atoms with Crippen molar-refractivity contribution in [3.8, 4) is 29.6 Å². The molecule has 232 valence electrons. The molecule has 7 nitrogen and oxygen atoms in total. The number of benzene rings is 2. The first-order chi connectivity index (χ1) is 22.0. The number of pyridine rings is 1. The second-order valence-corrected chi connectivity index (χ2v) is 13.0. The summed E-state index contributed by atoms with van der Waals surface area (Å²) in [5.41, 5.74) is 1.41. The molecule has 46 heavy (non-hydrogen) atoms. The molecule has 2 aromatic heterocycles. The van der Waals surface area contributed by atoms with Crippen molar-refractivity contribution in [3.63, 3.8) is 0 Å². The van der Waals surface area contributed by atoms with E-state index in [-0.39, 0.29) is 98.6 Å². The Morgan fingerprint density at radius 3 is 2.72 bits per heavy atom. The summed E-state index contributed by atoms with van der Waals surface area (Å²) in [7, 11) is 0. The summed E-state index contributed by atoms with van der Waals surface area (Å²) in [5.74, 6) is 2.05. The van der Waals surface area contributed by atoms with E-state index in [1.54, 1.807) is 12.1 Å². The van der Waals surface area contributed by atoms with Crippen LogP contribution in [-0.4, -0.2) is 70.3 Å². The number of hydrogen-bond donors (Lipinski definition) is 1. The van der Waals surface area contributed by atoms with Crippen LogP contribution in [0.5, 0.6) is 6.01 Å². The Kier molecular flexibility index (Phi) is 9.16. The van der Waals surface area contributed by atoms with Gasteiger partial charge in [0.25, 0.3) is 0 Å². The van der Waals surface area contributed by atoms with E-state index in [0.717, 1.165) is 71.1 Å². The Hall–Kier alpha value is -2.19. The Bertz CT molecular complexity index is 1850. The molecule has 6 heterocycles. The van der Waals surface area contributed by atoms with Crippen LogP contribution < -0.4 is 73.1 Å². The topological polar surface area (TPSA) is 66.4 Å². The molecule has 0 spiro atoms. The number of anilines is 1. The van der Waals surface area contributed by atoms with Crippen molar-refractivity contribution in [1.29, 1.82) is 0 Å². The number of hydrogen-bond acceptors (Lipinski definition) is 7. The Balaban J connectivity index is 0.00000338. The first-order valence-corrected chi connectivity index (χ1v) is 16.3. The van der Waals surface area contributed by atoms with Crippen LogP contribution in [0.15, 0.2) is 30.3 Å². The third-order valence-electron chi connectivity index (χ3n) is 10.6. The van der Waals surface area contributed by atoms with Gasteiger partial charge >= 0.3 is 64.2 Å². The Morgan fingerprint density at radius 1 is 1.11 bits per heavy atom. The van der Waals surface area contributed by atoms with E-state index in [0.29, 0.717) is 39.8 Å². The number of fused-ring (bicyclic) bond motifs is 4. The van der Waals surface area contributed by atoms with Gasteiger partial charge in [0, 0.05) is 41.6 Å². The van der Waals surface area contributed by atoms with Crippen molar-refractivity contribution in [2.45, 2.75) is 69.5 Å². The quantitative estimate of drug-likeness (QED) is 0.255. The molecule has 4 aliphatic rings. The van der Waals surface area contributed by atoms with Crippen LogP contribution in [0.4, 0.5) is 14.6 Å². The summed E-state index contributed by atoms with van der Waals surface area (Å²) in [6.07, 6.45) is 15.0. The molecule has 2 aromatic carbocycles. The maximum atomic E-state index is 17.1. The molecule has 0 saturated carbocycles. The van der Waals surface area contributed by atoms with Crippen LogP contribution in [0.2, 0.25) is 0 Å². The van der Waals surface area contributed by atoms with Crippen molar-refractivity contribution in [2.75, 3.05) is 37.7 Å². The smallest absolute Gasteiger partial charge is 0.462 e. The van der Waals surface area contributed by atoms with E-state index in [2.05, 4.69) is 34.4 Å². The van der Waals surface area contributed by atoms with Gasteiger partial charge in [-0.1, -0.05) is 54.6 Å². The van der Waals surface area contributed by atoms with E-state index in [1.165, 1.54) is 6.07 Å². The molecular weight excluding hydrogens is 656 g/mol. The van der Waals surface area contributed by atoms with Gasteiger partial charge in [-0.15, -0.1) is 6.42 Å². The first-order valence-electron chi connectivity index (χ1n) is 16.3. The van der Waals surface area contributed by atoms with Crippen molar-refractivity contribution in [3.05, 3.63) is 59.6 Å². The van der Waals surface area contributed by atoms with Gasteiger partial charge in [0.05, 0.1) is 16.9 Å². The zero-order valence-corrected chi connectivity index (χ0v) is 31.5. The summed E-state index contributed by atoms with van der Waals surface area (Å²) >= 11 is 0. The molecule has 3 saturated heterocycles. The van der Waals surface area contributed by atoms with E-state index >= 15 is 4.39 Å². The second-order valence-electron chi connectivity index (χ2n) is 13.0. The van der Waals surface area contributed by atoms with Crippen LogP contribution in [-0.2, 0) is 0 Å². The standard InChI is InChI=1S/C36H37F2N6O.Rb/c1-3-23-20-44-24(19-39-23)10-6-12-28-30-33(41-35(42-34(30)44)45-21-36-15-7-17-43(36)18-8-16-36)31(38)32(40-28)26-11-5-9-22-13-14-27(37)25(4-2)29(22)26;/h2,5,9,11-14,23-24,39H,3,6-8,10,15-21H2,1H3;/q-1;+1/t23-,24?;/m1./s1. The second kappa shape index (κ2) is 13.0. The molecule has 1 unspecified atom stereocenters. The van der Waals surface area contributed by atoms with Crippen molar-refractivity contribution < 1.29 is 71.7 Å². The van der Waals surface area contributed by atoms with E-state index in [1.807, 2.05) is 12.1 Å². The number of ether oxygens (including phenoxy) is 1. The largest absolute Gasteiger partial charge is 1.00 e. The molecule has 3 fully saturated rings. The van der Waals surface area contributed by atoms with Gasteiger partial charge in [-0.3, -0.25) is 9.88 Å². The van der Waals surface area contributed by atoms with E-state index in [4.69, 9.17) is 26.1 Å². The predicted octanol–water partition coefficient (Wildman–Crippen LogP) is 3.02. The normalized spacial score (nSPS) is 21.9. The number of terminal acetylenes is 1. The fourth-order valence-electron chi connectivity index (χ4n) is 8.18. The number of rotatable bonds is 5. The SMILES string of the molecule is C#Cc1c(F)ccc2cccc(-c3nc4c5c(nc(OCC67CCCN6CCC7)nc5c3F)N3C[C@@H](CC)NCC3CC[CH-]4)c12.[Rb+]. The zero-order chi connectivity index (χ0) is 30.7. The number of piperazine rings is 1. The van der Waals surface area contributed by atoms with Crippen molar-refractivity contribution in [2.24, 2.45) is 0 Å². The van der Waals surface area contributed by atoms with Gasteiger partial charge in [0.2, 0.25) is 0 Å². The third-order valence-corrected chi connectivity index (χ3v) is 10.6. The minimum atomic E-state index is -0.587. The molecule has 0 aliphatic carbocycles. The maximum absolute atomic E-state index is 17.1. The molecular formula is C36H37F2N6ORb. The fraction of sp³-hybridized carbons (Fsp3) is 0.444. The summed E-state index contributed by atoms with van der Waals surface area (Å²) in [4.78, 5) is 19.6. The molecule has 2 atom stereocenters. The third kappa shape index (κ3) is 5.37. The van der Waals surface area contributed by atoms with E-state index in [9.17, 15) is 4.39 Å². The average molecular weight is 693 g/mol. The molecule has 10 heteroatoms. The van der Waals surface area contributed by atoms with Gasteiger partial charge in [-0.25, -0.2) is 20.2 Å². The van der Waals surface area contributed by atoms with E-state index < -0.39 is 11.6 Å². The van der Waals surface area contributed by atoms with Crippen molar-refractivity contribution >= 4 is 27.5 Å². The molecule has 1 N–H and O–H groups in total. The summed E-state index contributed by atoms with van der Waals surface area (Å²) in [6.45, 7) is 6.40. The van der Waals surface area contributed by atoms with Crippen molar-refractivity contribution in [1.82, 2.24) is 25.2 Å². The van der Waals surface area contributed by atoms with Gasteiger partial charge in [-0.05, 0) is 63.1 Å². The number of nitrogens with zero attached hydrogens (tertiary/aromatic N) is 5. The van der Waals surface area contributed by atoms with Crippen LogP contribution >= 0.6 is 0 Å². The minimum absolute atomic E-state index is 0. The summed E-state index contributed by atoms with van der Waals surface area (Å²) in [5, 5.41) is 5.45. The van der Waals surface area contributed by atoms with Gasteiger partial charge in [-0.2, -0.15) is 4.98 Å². The monoisotopic (exact) mass is 692 g/mol. The summed E-state index contributed by atoms with van der Waals surface area (Å²) < 4.78 is 38.5. The minimum Gasteiger partial charge on any atom is -0.462 e. The number of halogens is 2. The molecule has 0 radical (unpaired) electrons. The van der Waals surface area contributed by atoms with Gasteiger partial charge < -0.3 is 15.0 Å². The number of aromatic nitrogens is 3. The predicted molar refractivity (Wildman–Crippen MR) is 172 cm³/mol. The zero-order valence-electron chi connectivity index (χ0n) is 26.6. The Morgan fingerprint density at radius 2 is 1.93 bits per heavy atom. The summed E-state index contributed by atoms with van der Waals surface area (Å²) in [6, 6.07) is 9.10. The molecule has 8 rings (SSSR count). The molecule has 4 aromatic rings. The molecule has 0 amide bonds.